The van der Waals surface area contributed by atoms with Crippen molar-refractivity contribution in [3.63, 3.8) is 0 Å². The van der Waals surface area contributed by atoms with Crippen LogP contribution in [0.1, 0.15) is 12.0 Å². The fourth-order valence-electron chi connectivity index (χ4n) is 2.05. The van der Waals surface area contributed by atoms with Gasteiger partial charge in [0.05, 0.1) is 6.67 Å². The van der Waals surface area contributed by atoms with Crippen molar-refractivity contribution in [1.82, 2.24) is 0 Å². The molecule has 0 unspecified atom stereocenters. The van der Waals surface area contributed by atoms with E-state index < -0.39 is 12.5 Å². The van der Waals surface area contributed by atoms with Gasteiger partial charge in [-0.15, -0.1) is 0 Å². The van der Waals surface area contributed by atoms with E-state index in [-0.39, 0.29) is 12.4 Å². The van der Waals surface area contributed by atoms with Crippen molar-refractivity contribution < 1.29 is 26.7 Å². The molecule has 0 aliphatic carbocycles. The van der Waals surface area contributed by atoms with Crippen molar-refractivity contribution in [1.29, 1.82) is 0 Å². The number of hydrogen-bond donors (Lipinski definition) is 0. The molecule has 0 spiro atoms. The van der Waals surface area contributed by atoms with Crippen molar-refractivity contribution in [2.24, 2.45) is 0 Å². The van der Waals surface area contributed by atoms with Crippen LogP contribution in [0.15, 0.2) is 48.5 Å². The summed E-state index contributed by atoms with van der Waals surface area (Å²) in [5.74, 6) is -0.335. The van der Waals surface area contributed by atoms with E-state index in [9.17, 15) is 22.0 Å². The second-order valence-corrected chi connectivity index (χ2v) is 4.98. The van der Waals surface area contributed by atoms with Crippen molar-refractivity contribution in [2.75, 3.05) is 6.67 Å². The molecule has 2 aromatic carbocycles. The van der Waals surface area contributed by atoms with E-state index >= 15 is 0 Å². The third-order valence-electron chi connectivity index (χ3n) is 3.25. The molecule has 0 aliphatic rings. The predicted molar refractivity (Wildman–Crippen MR) is 77.8 cm³/mol. The molecule has 0 N–H and O–H groups in total. The monoisotopic (exact) mass is 330 g/mol. The van der Waals surface area contributed by atoms with Crippen molar-refractivity contribution in [3.05, 3.63) is 54.1 Å². The molecule has 1 nitrogen and oxygen atoms in total. The summed E-state index contributed by atoms with van der Waals surface area (Å²) in [7, 11) is 0. The predicted octanol–water partition coefficient (Wildman–Crippen LogP) is 5.49. The maximum atomic E-state index is 12.8. The number of alkyl halides is 5. The molecule has 0 saturated carbocycles. The molecular formula is C17H15F5O. The Balaban J connectivity index is 2.07. The zero-order valence-corrected chi connectivity index (χ0v) is 12.1. The molecular weight excluding hydrogens is 315 g/mol. The quantitative estimate of drug-likeness (QED) is 0.610. The van der Waals surface area contributed by atoms with E-state index in [1.807, 2.05) is 24.3 Å². The minimum Gasteiger partial charge on any atom is -0.428 e. The SMILES string of the molecule is FCCCc1ccc(-c2ccc(OC(F)(F)C(F)F)cc2)cc1. The molecule has 6 heteroatoms. The van der Waals surface area contributed by atoms with Crippen LogP contribution in [0.5, 0.6) is 5.75 Å². The summed E-state index contributed by atoms with van der Waals surface area (Å²) in [6.07, 6.45) is -7.30. The fraction of sp³-hybridized carbons (Fsp3) is 0.294. The van der Waals surface area contributed by atoms with Gasteiger partial charge in [-0.1, -0.05) is 36.4 Å². The van der Waals surface area contributed by atoms with Crippen LogP contribution in [-0.4, -0.2) is 19.2 Å². The van der Waals surface area contributed by atoms with Crippen molar-refractivity contribution in [3.8, 4) is 16.9 Å². The average Bonchev–Trinajstić information content (AvgIpc) is 2.54. The van der Waals surface area contributed by atoms with Crippen LogP contribution < -0.4 is 4.74 Å². The minimum absolute atomic E-state index is 0.335. The van der Waals surface area contributed by atoms with Gasteiger partial charge in [0.2, 0.25) is 0 Å². The molecule has 2 rings (SSSR count). The highest BCUT2D eigenvalue weighted by atomic mass is 19.3. The molecule has 0 radical (unpaired) electrons. The Bertz CT molecular complexity index is 608. The Morgan fingerprint density at radius 1 is 0.870 bits per heavy atom. The van der Waals surface area contributed by atoms with Gasteiger partial charge in [-0.3, -0.25) is 4.39 Å². The van der Waals surface area contributed by atoms with E-state index in [1.165, 1.54) is 24.3 Å². The normalized spacial score (nSPS) is 11.7. The molecule has 0 fully saturated rings. The summed E-state index contributed by atoms with van der Waals surface area (Å²) < 4.78 is 65.9. The molecule has 2 aromatic rings. The topological polar surface area (TPSA) is 9.23 Å². The molecule has 0 saturated heterocycles. The van der Waals surface area contributed by atoms with Crippen molar-refractivity contribution >= 4 is 0 Å². The van der Waals surface area contributed by atoms with Gasteiger partial charge in [0.15, 0.2) is 0 Å². The van der Waals surface area contributed by atoms with Gasteiger partial charge < -0.3 is 4.74 Å². The zero-order valence-electron chi connectivity index (χ0n) is 12.1. The lowest BCUT2D eigenvalue weighted by Gasteiger charge is -2.16. The van der Waals surface area contributed by atoms with Crippen LogP contribution >= 0.6 is 0 Å². The second kappa shape index (κ2) is 7.44. The number of halogens is 5. The number of aryl methyl sites for hydroxylation is 1. The summed E-state index contributed by atoms with van der Waals surface area (Å²) in [5.41, 5.74) is 2.57. The van der Waals surface area contributed by atoms with Gasteiger partial charge in [0.25, 0.3) is 0 Å². The highest BCUT2D eigenvalue weighted by Crippen LogP contribution is 2.29. The van der Waals surface area contributed by atoms with E-state index in [2.05, 4.69) is 4.74 Å². The van der Waals surface area contributed by atoms with E-state index in [1.54, 1.807) is 0 Å². The Labute approximate surface area is 130 Å². The first kappa shape index (κ1) is 17.2. The molecule has 0 aromatic heterocycles. The molecule has 0 aliphatic heterocycles. The smallest absolute Gasteiger partial charge is 0.428 e. The molecule has 0 amide bonds. The van der Waals surface area contributed by atoms with Gasteiger partial charge in [-0.2, -0.15) is 17.6 Å². The van der Waals surface area contributed by atoms with Crippen molar-refractivity contribution in [2.45, 2.75) is 25.4 Å². The van der Waals surface area contributed by atoms with Crippen LogP contribution in [0.2, 0.25) is 0 Å². The highest BCUT2D eigenvalue weighted by molar-refractivity contribution is 5.64. The molecule has 0 heterocycles. The first-order valence-corrected chi connectivity index (χ1v) is 7.02. The summed E-state index contributed by atoms with van der Waals surface area (Å²) >= 11 is 0. The largest absolute Gasteiger partial charge is 0.461 e. The lowest BCUT2D eigenvalue weighted by Crippen LogP contribution is -2.33. The van der Waals surface area contributed by atoms with E-state index in [0.717, 1.165) is 16.7 Å². The maximum absolute atomic E-state index is 12.8. The molecule has 124 valence electrons. The summed E-state index contributed by atoms with van der Waals surface area (Å²) in [5, 5.41) is 0. The maximum Gasteiger partial charge on any atom is 0.461 e. The van der Waals surface area contributed by atoms with Crippen LogP contribution in [-0.2, 0) is 6.42 Å². The number of benzene rings is 2. The van der Waals surface area contributed by atoms with Crippen LogP contribution in [0.25, 0.3) is 11.1 Å². The highest BCUT2D eigenvalue weighted by Gasteiger charge is 2.43. The van der Waals surface area contributed by atoms with E-state index in [4.69, 9.17) is 0 Å². The Morgan fingerprint density at radius 2 is 1.39 bits per heavy atom. The van der Waals surface area contributed by atoms with Crippen LogP contribution in [0.4, 0.5) is 22.0 Å². The van der Waals surface area contributed by atoms with Gasteiger partial charge in [0, 0.05) is 0 Å². The van der Waals surface area contributed by atoms with Gasteiger partial charge >= 0.3 is 12.5 Å². The molecule has 23 heavy (non-hydrogen) atoms. The average molecular weight is 330 g/mol. The first-order valence-electron chi connectivity index (χ1n) is 7.02. The number of hydrogen-bond acceptors (Lipinski definition) is 1. The first-order chi connectivity index (χ1) is 10.9. The molecule has 0 bridgehead atoms. The summed E-state index contributed by atoms with van der Waals surface area (Å²) in [6.45, 7) is -0.369. The zero-order chi connectivity index (χ0) is 16.9. The van der Waals surface area contributed by atoms with Gasteiger partial charge in [-0.05, 0) is 41.7 Å². The number of ether oxygens (including phenoxy) is 1. The van der Waals surface area contributed by atoms with Crippen LogP contribution in [0, 0.1) is 0 Å². The summed E-state index contributed by atoms with van der Waals surface area (Å²) in [4.78, 5) is 0. The molecule has 0 atom stereocenters. The summed E-state index contributed by atoms with van der Waals surface area (Å²) in [6, 6.07) is 12.8. The number of rotatable bonds is 7. The third kappa shape index (κ3) is 4.68. The Morgan fingerprint density at radius 3 is 1.87 bits per heavy atom. The Kier molecular flexibility index (Phi) is 5.58. The van der Waals surface area contributed by atoms with E-state index in [0.29, 0.717) is 12.8 Å². The third-order valence-corrected chi connectivity index (χ3v) is 3.25. The van der Waals surface area contributed by atoms with Gasteiger partial charge in [-0.25, -0.2) is 0 Å². The Hall–Kier alpha value is -2.11. The lowest BCUT2D eigenvalue weighted by molar-refractivity contribution is -0.253. The fourth-order valence-corrected chi connectivity index (χ4v) is 2.05. The second-order valence-electron chi connectivity index (χ2n) is 4.98. The lowest BCUT2D eigenvalue weighted by atomic mass is 10.0. The van der Waals surface area contributed by atoms with Gasteiger partial charge in [0.1, 0.15) is 5.75 Å². The van der Waals surface area contributed by atoms with Crippen LogP contribution in [0.3, 0.4) is 0 Å². The standard InChI is InChI=1S/C17H15F5O/c18-11-1-2-12-3-5-13(6-4-12)14-7-9-15(10-8-14)23-17(21,22)16(19)20/h3-10,16H,1-2,11H2. The minimum atomic E-state index is -4.51.